The maximum absolute atomic E-state index is 13.8. The predicted molar refractivity (Wildman–Crippen MR) is 155 cm³/mol. The summed E-state index contributed by atoms with van der Waals surface area (Å²) in [6, 6.07) is 0. The fraction of sp³-hybridized carbons (Fsp3) is 0.853. The van der Waals surface area contributed by atoms with Gasteiger partial charge in [0.1, 0.15) is 18.5 Å². The van der Waals surface area contributed by atoms with E-state index in [1.54, 1.807) is 5.57 Å². The first-order valence-corrected chi connectivity index (χ1v) is 15.9. The van der Waals surface area contributed by atoms with Crippen LogP contribution in [0.5, 0.6) is 0 Å². The molecule has 224 valence electrons. The minimum absolute atomic E-state index is 0.153. The lowest BCUT2D eigenvalue weighted by atomic mass is 9.38. The van der Waals surface area contributed by atoms with Gasteiger partial charge in [-0.2, -0.15) is 0 Å². The Hall–Kier alpha value is -1.69. The molecule has 1 N–H and O–H groups in total. The van der Waals surface area contributed by atoms with Crippen LogP contribution >= 0.6 is 0 Å². The molecule has 0 heterocycles. The molecule has 6 heteroatoms. The largest absolute Gasteiger partial charge is 0.462 e. The number of hydrogen-bond acceptors (Lipinski definition) is 5. The predicted octanol–water partition coefficient (Wildman–Crippen LogP) is 5.96. The molecule has 0 spiro atoms. The van der Waals surface area contributed by atoms with Crippen molar-refractivity contribution in [3.63, 3.8) is 0 Å². The van der Waals surface area contributed by atoms with Gasteiger partial charge in [0.25, 0.3) is 0 Å². The summed E-state index contributed by atoms with van der Waals surface area (Å²) in [4.78, 5) is 38.9. The first-order valence-electron chi connectivity index (χ1n) is 15.9. The molecule has 0 aliphatic heterocycles. The van der Waals surface area contributed by atoms with Crippen LogP contribution in [0, 0.1) is 51.2 Å². The van der Waals surface area contributed by atoms with Crippen molar-refractivity contribution >= 4 is 18.2 Å². The highest BCUT2D eigenvalue weighted by molar-refractivity contribution is 5.83. The summed E-state index contributed by atoms with van der Waals surface area (Å²) in [7, 11) is 3.88. The van der Waals surface area contributed by atoms with E-state index in [9.17, 15) is 19.5 Å². The molecule has 40 heavy (non-hydrogen) atoms. The lowest BCUT2D eigenvalue weighted by molar-refractivity contribution is -0.180. The summed E-state index contributed by atoms with van der Waals surface area (Å²) >= 11 is 0. The molecular weight excluding hydrogens is 502 g/mol. The number of carbonyl (C=O) groups excluding carboxylic acids is 3. The molecule has 5 aliphatic rings. The first kappa shape index (κ1) is 29.8. The molecule has 0 bridgehead atoms. The second-order valence-electron chi connectivity index (χ2n) is 15.9. The maximum atomic E-state index is 13.8. The van der Waals surface area contributed by atoms with Gasteiger partial charge in [-0.1, -0.05) is 46.3 Å². The number of rotatable bonds is 5. The third-order valence-corrected chi connectivity index (χ3v) is 13.0. The summed E-state index contributed by atoms with van der Waals surface area (Å²) in [6.45, 7) is 12.1. The van der Waals surface area contributed by atoms with E-state index >= 15 is 0 Å². The van der Waals surface area contributed by atoms with Crippen LogP contribution in [0.4, 0.5) is 0 Å². The second kappa shape index (κ2) is 10.2. The number of aliphatic hydroxyl groups excluding tert-OH is 1. The quantitative estimate of drug-likeness (QED) is 0.257. The zero-order chi connectivity index (χ0) is 29.3. The highest BCUT2D eigenvalue weighted by Gasteiger charge is 2.64. The summed E-state index contributed by atoms with van der Waals surface area (Å²) in [5, 5.41) is 9.58. The second-order valence-corrected chi connectivity index (χ2v) is 15.9. The topological polar surface area (TPSA) is 83.9 Å². The zero-order valence-electron chi connectivity index (χ0n) is 26.0. The molecule has 0 saturated heterocycles. The van der Waals surface area contributed by atoms with Gasteiger partial charge in [-0.05, 0) is 110 Å². The van der Waals surface area contributed by atoms with Crippen molar-refractivity contribution in [3.8, 4) is 0 Å². The molecule has 10 atom stereocenters. The van der Waals surface area contributed by atoms with Gasteiger partial charge < -0.3 is 19.5 Å². The van der Waals surface area contributed by atoms with Crippen LogP contribution in [0.3, 0.4) is 0 Å². The van der Waals surface area contributed by atoms with Gasteiger partial charge in [0.15, 0.2) is 0 Å². The first-order chi connectivity index (χ1) is 18.7. The van der Waals surface area contributed by atoms with Crippen LogP contribution in [0.2, 0.25) is 0 Å². The Morgan fingerprint density at radius 2 is 1.73 bits per heavy atom. The van der Waals surface area contributed by atoms with E-state index in [4.69, 9.17) is 4.74 Å². The third-order valence-electron chi connectivity index (χ3n) is 13.0. The van der Waals surface area contributed by atoms with Crippen LogP contribution in [-0.4, -0.2) is 54.5 Å². The number of fused-ring (bicyclic) bond motifs is 7. The van der Waals surface area contributed by atoms with Gasteiger partial charge in [0.05, 0.1) is 11.8 Å². The number of nitrogens with zero attached hydrogens (tertiary/aromatic N) is 1. The van der Waals surface area contributed by atoms with Gasteiger partial charge in [0, 0.05) is 14.1 Å². The van der Waals surface area contributed by atoms with E-state index in [1.807, 2.05) is 19.0 Å². The molecule has 6 nitrogen and oxygen atoms in total. The fourth-order valence-corrected chi connectivity index (χ4v) is 10.9. The zero-order valence-corrected chi connectivity index (χ0v) is 26.0. The molecule has 10 unspecified atom stereocenters. The molecule has 0 aromatic rings. The Morgan fingerprint density at radius 1 is 1.02 bits per heavy atom. The Labute approximate surface area is 241 Å². The molecule has 4 fully saturated rings. The van der Waals surface area contributed by atoms with Crippen molar-refractivity contribution in [2.24, 2.45) is 51.2 Å². The number of ether oxygens (including phenoxy) is 1. The van der Waals surface area contributed by atoms with E-state index < -0.39 is 12.1 Å². The number of hydrogen-bond donors (Lipinski definition) is 1. The SMILES string of the molecule is CC1C(OC(=O)CC(O)C=O)CCC2(C)C1CCC1(C)C3CCC4(C(=O)N(C)C)CCC(C)(C)CC4C3=CCC12. The number of allylic oxidation sites excluding steroid dienone is 2. The number of aliphatic hydroxyl groups is 1. The Bertz CT molecular complexity index is 1060. The molecule has 5 aliphatic carbocycles. The van der Waals surface area contributed by atoms with Gasteiger partial charge in [-0.3, -0.25) is 9.59 Å². The van der Waals surface area contributed by atoms with Crippen LogP contribution < -0.4 is 0 Å². The van der Waals surface area contributed by atoms with Crippen molar-refractivity contribution in [2.75, 3.05) is 14.1 Å². The highest BCUT2D eigenvalue weighted by atomic mass is 16.5. The van der Waals surface area contributed by atoms with Crippen LogP contribution in [0.25, 0.3) is 0 Å². The normalized spacial score (nSPS) is 44.5. The van der Waals surface area contributed by atoms with Crippen molar-refractivity contribution in [2.45, 2.75) is 117 Å². The molecule has 0 aromatic carbocycles. The number of aldehydes is 1. The Kier molecular flexibility index (Phi) is 7.63. The van der Waals surface area contributed by atoms with E-state index in [1.165, 1.54) is 6.42 Å². The van der Waals surface area contributed by atoms with E-state index in [2.05, 4.69) is 40.7 Å². The van der Waals surface area contributed by atoms with Crippen molar-refractivity contribution in [3.05, 3.63) is 11.6 Å². The number of esters is 1. The molecule has 0 aromatic heterocycles. The monoisotopic (exact) mass is 555 g/mol. The smallest absolute Gasteiger partial charge is 0.309 e. The molecular formula is C34H53NO5. The average Bonchev–Trinajstić information content (AvgIpc) is 2.89. The standard InChI is InChI=1S/C34H53NO5/c1-21-24-10-13-33(5)25-11-15-34(30(39)35(6)7)17-16-31(2,3)19-26(34)23(25)8-9-28(33)32(24,4)14-12-27(21)40-29(38)18-22(37)20-36/h8,20-22,24-28,37H,9-19H2,1-7H3. The molecule has 4 saturated carbocycles. The minimum atomic E-state index is -1.28. The highest BCUT2D eigenvalue weighted by Crippen LogP contribution is 2.71. The Balaban J connectivity index is 1.41. The fourth-order valence-electron chi connectivity index (χ4n) is 10.9. The minimum Gasteiger partial charge on any atom is -0.462 e. The van der Waals surface area contributed by atoms with Crippen molar-refractivity contribution in [1.29, 1.82) is 0 Å². The van der Waals surface area contributed by atoms with Gasteiger partial charge in [0.2, 0.25) is 5.91 Å². The summed E-state index contributed by atoms with van der Waals surface area (Å²) < 4.78 is 5.84. The van der Waals surface area contributed by atoms with Crippen LogP contribution in [-0.2, 0) is 19.1 Å². The van der Waals surface area contributed by atoms with Gasteiger partial charge in [-0.15, -0.1) is 0 Å². The molecule has 5 rings (SSSR count). The summed E-state index contributed by atoms with van der Waals surface area (Å²) in [5.74, 6) is 2.08. The third kappa shape index (κ3) is 4.59. The number of amides is 1. The van der Waals surface area contributed by atoms with Gasteiger partial charge in [-0.25, -0.2) is 0 Å². The number of carbonyl (C=O) groups is 3. The summed E-state index contributed by atoms with van der Waals surface area (Å²) in [6.07, 6.45) is 11.9. The maximum Gasteiger partial charge on any atom is 0.309 e. The van der Waals surface area contributed by atoms with Crippen LogP contribution in [0.15, 0.2) is 11.6 Å². The summed E-state index contributed by atoms with van der Waals surface area (Å²) in [5.41, 5.74) is 2.04. The molecule has 0 radical (unpaired) electrons. The van der Waals surface area contributed by atoms with Gasteiger partial charge >= 0.3 is 5.97 Å². The lowest BCUT2D eigenvalue weighted by Crippen LogP contribution is -2.61. The lowest BCUT2D eigenvalue weighted by Gasteiger charge is -2.66. The van der Waals surface area contributed by atoms with Crippen molar-refractivity contribution in [1.82, 2.24) is 4.90 Å². The molecule has 1 amide bonds. The van der Waals surface area contributed by atoms with Crippen LogP contribution in [0.1, 0.15) is 105 Å². The van der Waals surface area contributed by atoms with Crippen molar-refractivity contribution < 1.29 is 24.2 Å². The van der Waals surface area contributed by atoms with E-state index in [0.29, 0.717) is 35.9 Å². The van der Waals surface area contributed by atoms with E-state index in [-0.39, 0.29) is 40.1 Å². The Morgan fingerprint density at radius 3 is 2.40 bits per heavy atom. The van der Waals surface area contributed by atoms with E-state index in [0.717, 1.165) is 57.8 Å². The average molecular weight is 556 g/mol.